The molecule has 1 aliphatic heterocycles. The first-order chi connectivity index (χ1) is 15.7. The van der Waals surface area contributed by atoms with Gasteiger partial charge in [0.2, 0.25) is 0 Å². The zero-order chi connectivity index (χ0) is 25.4. The Morgan fingerprint density at radius 2 is 1.50 bits per heavy atom. The molecule has 0 N–H and O–H groups in total. The molecular weight excluding hydrogens is 582 g/mol. The van der Waals surface area contributed by atoms with Crippen LogP contribution in [0.4, 0.5) is 30.7 Å². The van der Waals surface area contributed by atoms with Crippen molar-refractivity contribution in [3.8, 4) is 0 Å². The topological polar surface area (TPSA) is 29.5 Å². The first-order valence-corrected chi connectivity index (χ1v) is 11.0. The van der Waals surface area contributed by atoms with Crippen LogP contribution < -0.4 is 0 Å². The summed E-state index contributed by atoms with van der Waals surface area (Å²) in [6, 6.07) is 16.7. The van der Waals surface area contributed by atoms with Crippen LogP contribution in [0.1, 0.15) is 24.5 Å². The summed E-state index contributed by atoms with van der Waals surface area (Å²) in [5.74, 6) is -13.0. The van der Waals surface area contributed by atoms with Gasteiger partial charge in [-0.05, 0) is 46.2 Å². The summed E-state index contributed by atoms with van der Waals surface area (Å²) in [5, 5.41) is 0.742. The van der Waals surface area contributed by atoms with Crippen LogP contribution in [0, 0.1) is 5.41 Å². The third-order valence-corrected chi connectivity index (χ3v) is 6.85. The van der Waals surface area contributed by atoms with E-state index in [0.29, 0.717) is 11.1 Å². The molecule has 2 aromatic rings. The van der Waals surface area contributed by atoms with Crippen molar-refractivity contribution in [2.24, 2.45) is 5.41 Å². The molecule has 11 heteroatoms. The summed E-state index contributed by atoms with van der Waals surface area (Å²) in [6.07, 6.45) is -8.54. The molecule has 34 heavy (non-hydrogen) atoms. The number of carbonyl (C=O) groups is 1. The lowest BCUT2D eigenvalue weighted by molar-refractivity contribution is -0.358. The van der Waals surface area contributed by atoms with E-state index in [2.05, 4.69) is 0 Å². The van der Waals surface area contributed by atoms with E-state index in [1.165, 1.54) is 0 Å². The second kappa shape index (κ2) is 9.48. The number of carbonyl (C=O) groups excluding carboxylic acids is 1. The van der Waals surface area contributed by atoms with Crippen molar-refractivity contribution < 1.29 is 40.4 Å². The third-order valence-electron chi connectivity index (χ3n) is 5.58. The summed E-state index contributed by atoms with van der Waals surface area (Å²) in [7, 11) is 0. The minimum absolute atomic E-state index is 0.0324. The maximum Gasteiger partial charge on any atom is 0.459 e. The number of hydroxylamine groups is 2. The SMILES string of the molecule is C[C@@]1(CC(F)(F)C(F)(F)C(F)(F)F)C(=O)N(OCc2ccccc2)C/C1=C(\I)c1ccccc1. The van der Waals surface area contributed by atoms with Crippen LogP contribution in [0.15, 0.2) is 66.2 Å². The van der Waals surface area contributed by atoms with E-state index in [1.807, 2.05) is 0 Å². The fourth-order valence-corrected chi connectivity index (χ4v) is 4.77. The zero-order valence-electron chi connectivity index (χ0n) is 17.7. The second-order valence-corrected chi connectivity index (χ2v) is 9.12. The number of hydrogen-bond donors (Lipinski definition) is 0. The van der Waals surface area contributed by atoms with Crippen molar-refractivity contribution in [2.45, 2.75) is 38.0 Å². The largest absolute Gasteiger partial charge is 0.459 e. The molecule has 1 amide bonds. The molecular formula is C23H19F7INO2. The molecule has 0 spiro atoms. The van der Waals surface area contributed by atoms with Crippen molar-refractivity contribution in [3.63, 3.8) is 0 Å². The molecule has 184 valence electrons. The molecule has 0 saturated carbocycles. The number of halogens is 8. The molecule has 0 radical (unpaired) electrons. The van der Waals surface area contributed by atoms with Crippen LogP contribution in [0.25, 0.3) is 3.58 Å². The molecule has 0 aliphatic carbocycles. The molecule has 3 rings (SSSR count). The Morgan fingerprint density at radius 1 is 0.971 bits per heavy atom. The molecule has 3 nitrogen and oxygen atoms in total. The molecule has 1 fully saturated rings. The molecule has 1 saturated heterocycles. The Balaban J connectivity index is 2.02. The minimum atomic E-state index is -6.49. The maximum absolute atomic E-state index is 14.5. The fraction of sp³-hybridized carbons (Fsp3) is 0.348. The van der Waals surface area contributed by atoms with Crippen LogP contribution in [0.3, 0.4) is 0 Å². The normalized spacial score (nSPS) is 21.2. The van der Waals surface area contributed by atoms with E-state index >= 15 is 0 Å². The summed E-state index contributed by atoms with van der Waals surface area (Å²) in [6.45, 7) is 0.439. The number of hydrogen-bond acceptors (Lipinski definition) is 2. The Hall–Kier alpha value is -2.15. The van der Waals surface area contributed by atoms with Gasteiger partial charge in [0, 0.05) is 10.0 Å². The van der Waals surface area contributed by atoms with Crippen molar-refractivity contribution in [2.75, 3.05) is 6.54 Å². The number of nitrogens with zero attached hydrogens (tertiary/aromatic N) is 1. The molecule has 0 unspecified atom stereocenters. The van der Waals surface area contributed by atoms with Gasteiger partial charge in [0.15, 0.2) is 0 Å². The molecule has 2 aromatic carbocycles. The molecule has 1 heterocycles. The quantitative estimate of drug-likeness (QED) is 0.252. The predicted octanol–water partition coefficient (Wildman–Crippen LogP) is 7.04. The van der Waals surface area contributed by atoms with Crippen LogP contribution in [0.5, 0.6) is 0 Å². The lowest BCUT2D eigenvalue weighted by Crippen LogP contribution is -2.54. The van der Waals surface area contributed by atoms with Gasteiger partial charge in [-0.15, -0.1) is 0 Å². The Bertz CT molecular complexity index is 1060. The molecule has 0 aromatic heterocycles. The summed E-state index contributed by atoms with van der Waals surface area (Å²) in [4.78, 5) is 18.6. The average molecular weight is 601 g/mol. The molecule has 1 atom stereocenters. The zero-order valence-corrected chi connectivity index (χ0v) is 19.8. The Morgan fingerprint density at radius 3 is 2.03 bits per heavy atom. The second-order valence-electron chi connectivity index (χ2n) is 8.04. The van der Waals surface area contributed by atoms with Gasteiger partial charge in [0.1, 0.15) is 6.61 Å². The van der Waals surface area contributed by atoms with Gasteiger partial charge >= 0.3 is 18.0 Å². The Labute approximate surface area is 204 Å². The first kappa shape index (κ1) is 26.5. The number of amides is 1. The van der Waals surface area contributed by atoms with E-state index in [-0.39, 0.29) is 22.3 Å². The van der Waals surface area contributed by atoms with E-state index in [0.717, 1.165) is 12.0 Å². The number of rotatable bonds is 7. The average Bonchev–Trinajstić information content (AvgIpc) is 3.01. The minimum Gasteiger partial charge on any atom is -0.272 e. The van der Waals surface area contributed by atoms with Crippen LogP contribution in [-0.4, -0.2) is 35.5 Å². The van der Waals surface area contributed by atoms with Crippen molar-refractivity contribution in [1.82, 2.24) is 5.06 Å². The van der Waals surface area contributed by atoms with E-state index in [4.69, 9.17) is 4.84 Å². The monoisotopic (exact) mass is 601 g/mol. The maximum atomic E-state index is 14.5. The highest BCUT2D eigenvalue weighted by Crippen LogP contribution is 2.55. The van der Waals surface area contributed by atoms with Crippen LogP contribution >= 0.6 is 22.6 Å². The van der Waals surface area contributed by atoms with E-state index < -0.39 is 35.8 Å². The van der Waals surface area contributed by atoms with E-state index in [1.54, 1.807) is 83.3 Å². The summed E-state index contributed by atoms with van der Waals surface area (Å²) >= 11 is 1.77. The lowest BCUT2D eigenvalue weighted by atomic mass is 9.77. The van der Waals surface area contributed by atoms with Crippen molar-refractivity contribution in [3.05, 3.63) is 77.4 Å². The first-order valence-electron chi connectivity index (χ1n) is 9.96. The highest BCUT2D eigenvalue weighted by molar-refractivity contribution is 14.1. The summed E-state index contributed by atoms with van der Waals surface area (Å²) in [5.41, 5.74) is -1.27. The van der Waals surface area contributed by atoms with Gasteiger partial charge < -0.3 is 0 Å². The van der Waals surface area contributed by atoms with Gasteiger partial charge in [-0.2, -0.15) is 30.7 Å². The van der Waals surface area contributed by atoms with E-state index in [9.17, 15) is 35.5 Å². The van der Waals surface area contributed by atoms with Gasteiger partial charge in [-0.25, -0.2) is 5.06 Å². The van der Waals surface area contributed by atoms with Gasteiger partial charge in [0.25, 0.3) is 5.91 Å². The fourth-order valence-electron chi connectivity index (χ4n) is 3.64. The van der Waals surface area contributed by atoms with Crippen LogP contribution in [0.2, 0.25) is 0 Å². The van der Waals surface area contributed by atoms with Crippen molar-refractivity contribution >= 4 is 32.1 Å². The number of benzene rings is 2. The van der Waals surface area contributed by atoms with Gasteiger partial charge in [-0.1, -0.05) is 60.7 Å². The predicted molar refractivity (Wildman–Crippen MR) is 119 cm³/mol. The van der Waals surface area contributed by atoms with Gasteiger partial charge in [0.05, 0.1) is 12.0 Å². The van der Waals surface area contributed by atoms with Gasteiger partial charge in [-0.3, -0.25) is 9.63 Å². The lowest BCUT2D eigenvalue weighted by Gasteiger charge is -2.34. The Kier molecular flexibility index (Phi) is 7.38. The smallest absolute Gasteiger partial charge is 0.272 e. The standard InChI is InChI=1S/C23H19F7INO2/c1-20(14-21(24,25)22(26,27)23(28,29)30)17(18(31)16-10-6-3-7-11-16)12-32(19(20)33)34-13-15-8-4-2-5-9-15/h2-11H,12-14H2,1H3/b18-17+/t20-/m0/s1. The molecule has 0 bridgehead atoms. The highest BCUT2D eigenvalue weighted by atomic mass is 127. The van der Waals surface area contributed by atoms with Crippen LogP contribution in [-0.2, 0) is 16.2 Å². The molecule has 1 aliphatic rings. The number of alkyl halides is 7. The highest BCUT2D eigenvalue weighted by Gasteiger charge is 2.74. The third kappa shape index (κ3) is 4.95. The summed E-state index contributed by atoms with van der Waals surface area (Å²) < 4.78 is 95.0. The van der Waals surface area contributed by atoms with Crippen molar-refractivity contribution in [1.29, 1.82) is 0 Å².